The molecule has 4 aromatic rings. The number of carbonyl (C=O) groups excluding carboxylic acids is 1. The smallest absolute Gasteiger partial charge is 0.234 e. The molecule has 0 aliphatic rings. The van der Waals surface area contributed by atoms with Crippen LogP contribution in [-0.2, 0) is 17.1 Å². The average Bonchev–Trinajstić information content (AvgIpc) is 3.25. The molecule has 0 spiro atoms. The van der Waals surface area contributed by atoms with E-state index in [-0.39, 0.29) is 11.7 Å². The highest BCUT2D eigenvalue weighted by Crippen LogP contribution is 2.30. The lowest BCUT2D eigenvalue weighted by Gasteiger charge is -2.11. The van der Waals surface area contributed by atoms with Crippen molar-refractivity contribution in [3.8, 4) is 5.75 Å². The number of methoxy groups -OCH3 is 1. The van der Waals surface area contributed by atoms with E-state index >= 15 is 0 Å². The fraction of sp³-hybridized carbons (Fsp3) is 0.160. The Bertz CT molecular complexity index is 1250. The molecule has 1 heterocycles. The first kappa shape index (κ1) is 24.5. The molecule has 0 aliphatic heterocycles. The van der Waals surface area contributed by atoms with Gasteiger partial charge in [-0.15, -0.1) is 22.0 Å². The van der Waals surface area contributed by atoms with Gasteiger partial charge < -0.3 is 21.2 Å². The van der Waals surface area contributed by atoms with E-state index in [1.807, 2.05) is 66.7 Å². The number of para-hydroxylation sites is 1. The highest BCUT2D eigenvalue weighted by Gasteiger charge is 2.13. The number of benzene rings is 3. The number of nitrogens with zero attached hydrogens (tertiary/aromatic N) is 3. The first-order valence-corrected chi connectivity index (χ1v) is 12.8. The third-order valence-electron chi connectivity index (χ3n) is 5.01. The normalized spacial score (nSPS) is 10.7. The zero-order chi connectivity index (χ0) is 24.5. The maximum atomic E-state index is 12.6. The molecule has 0 atom stereocenters. The van der Waals surface area contributed by atoms with Crippen LogP contribution in [-0.4, -0.2) is 33.6 Å². The van der Waals surface area contributed by atoms with Crippen molar-refractivity contribution in [1.29, 1.82) is 0 Å². The number of anilines is 2. The van der Waals surface area contributed by atoms with E-state index in [1.165, 1.54) is 22.0 Å². The summed E-state index contributed by atoms with van der Waals surface area (Å²) in [6.45, 7) is 0.397. The van der Waals surface area contributed by atoms with Gasteiger partial charge in [-0.2, -0.15) is 0 Å². The molecular weight excluding hydrogens is 480 g/mol. The van der Waals surface area contributed by atoms with Crippen molar-refractivity contribution in [3.05, 3.63) is 90.3 Å². The number of carbonyl (C=O) groups is 1. The summed E-state index contributed by atoms with van der Waals surface area (Å²) < 4.78 is 6.57. The summed E-state index contributed by atoms with van der Waals surface area (Å²) in [5, 5.41) is 15.0. The molecule has 35 heavy (non-hydrogen) atoms. The molecule has 10 heteroatoms. The van der Waals surface area contributed by atoms with Gasteiger partial charge in [-0.1, -0.05) is 54.2 Å². The predicted molar refractivity (Wildman–Crippen MR) is 142 cm³/mol. The molecule has 3 aromatic carbocycles. The van der Waals surface area contributed by atoms with Crippen LogP contribution in [0.3, 0.4) is 0 Å². The number of ether oxygens (including phenoxy) is 1. The summed E-state index contributed by atoms with van der Waals surface area (Å²) in [5.41, 5.74) is 2.93. The van der Waals surface area contributed by atoms with E-state index in [0.717, 1.165) is 27.8 Å². The maximum Gasteiger partial charge on any atom is 0.234 e. The molecule has 4 rings (SSSR count). The zero-order valence-electron chi connectivity index (χ0n) is 19.2. The van der Waals surface area contributed by atoms with Crippen LogP contribution in [0.4, 0.5) is 11.4 Å². The van der Waals surface area contributed by atoms with Gasteiger partial charge in [-0.05, 0) is 42.0 Å². The number of thioether (sulfide) groups is 2. The molecule has 180 valence electrons. The Morgan fingerprint density at radius 3 is 2.49 bits per heavy atom. The molecule has 0 aliphatic carbocycles. The van der Waals surface area contributed by atoms with Crippen molar-refractivity contribution >= 4 is 40.8 Å². The third kappa shape index (κ3) is 6.93. The fourth-order valence-corrected chi connectivity index (χ4v) is 4.80. The molecule has 1 aromatic heterocycles. The third-order valence-corrected chi connectivity index (χ3v) is 7.09. The minimum absolute atomic E-state index is 0.135. The second-order valence-corrected chi connectivity index (χ2v) is 9.42. The first-order chi connectivity index (χ1) is 17.1. The number of rotatable bonds is 11. The lowest BCUT2D eigenvalue weighted by molar-refractivity contribution is -0.113. The summed E-state index contributed by atoms with van der Waals surface area (Å²) in [4.78, 5) is 13.6. The molecular formula is C25H26N6O2S2. The summed E-state index contributed by atoms with van der Waals surface area (Å²) in [6, 6.07) is 25.6. The topological polar surface area (TPSA) is 107 Å². The van der Waals surface area contributed by atoms with Gasteiger partial charge in [0.1, 0.15) is 5.75 Å². The standard InChI is InChI=1S/C25H26N6O2S2/c1-33-20-13-11-19(12-14-20)27-15-23-29-30-25(31(23)26)35-17-24(32)28-21-9-5-6-10-22(21)34-16-18-7-3-2-4-8-18/h2-14,27H,15-17,26H2,1H3,(H,28,32). The van der Waals surface area contributed by atoms with E-state index in [9.17, 15) is 4.79 Å². The molecule has 0 radical (unpaired) electrons. The van der Waals surface area contributed by atoms with Gasteiger partial charge >= 0.3 is 0 Å². The minimum atomic E-state index is -0.135. The molecule has 0 unspecified atom stereocenters. The Balaban J connectivity index is 1.28. The second-order valence-electron chi connectivity index (χ2n) is 7.46. The van der Waals surface area contributed by atoms with Crippen molar-refractivity contribution in [3.63, 3.8) is 0 Å². The van der Waals surface area contributed by atoms with Gasteiger partial charge in [0.25, 0.3) is 0 Å². The second kappa shape index (κ2) is 12.2. The van der Waals surface area contributed by atoms with Crippen LogP contribution in [0.5, 0.6) is 5.75 Å². The van der Waals surface area contributed by atoms with Crippen LogP contribution < -0.4 is 21.2 Å². The number of nitrogen functional groups attached to an aromatic ring is 1. The Morgan fingerprint density at radius 1 is 0.971 bits per heavy atom. The molecule has 1 amide bonds. The maximum absolute atomic E-state index is 12.6. The molecule has 4 N–H and O–H groups in total. The number of nitrogens with one attached hydrogen (secondary N) is 2. The largest absolute Gasteiger partial charge is 0.497 e. The van der Waals surface area contributed by atoms with Crippen LogP contribution >= 0.6 is 23.5 Å². The van der Waals surface area contributed by atoms with Gasteiger partial charge in [-0.25, -0.2) is 4.68 Å². The Hall–Kier alpha value is -3.63. The highest BCUT2D eigenvalue weighted by molar-refractivity contribution is 7.99. The molecule has 8 nitrogen and oxygen atoms in total. The van der Waals surface area contributed by atoms with Crippen LogP contribution in [0, 0.1) is 0 Å². The number of nitrogens with two attached hydrogens (primary N) is 1. The molecule has 0 saturated carbocycles. The summed E-state index contributed by atoms with van der Waals surface area (Å²) in [6.07, 6.45) is 0. The lowest BCUT2D eigenvalue weighted by Crippen LogP contribution is -2.18. The van der Waals surface area contributed by atoms with Crippen LogP contribution in [0.25, 0.3) is 0 Å². The van der Waals surface area contributed by atoms with Crippen LogP contribution in [0.15, 0.2) is 88.9 Å². The van der Waals surface area contributed by atoms with Crippen molar-refractivity contribution in [2.75, 3.05) is 29.3 Å². The Kier molecular flexibility index (Phi) is 8.53. The first-order valence-electron chi connectivity index (χ1n) is 10.9. The number of hydrogen-bond acceptors (Lipinski definition) is 8. The van der Waals surface area contributed by atoms with E-state index < -0.39 is 0 Å². The highest BCUT2D eigenvalue weighted by atomic mass is 32.2. The van der Waals surface area contributed by atoms with E-state index in [4.69, 9.17) is 10.6 Å². The van der Waals surface area contributed by atoms with Gasteiger partial charge in [0.15, 0.2) is 5.82 Å². The number of hydrogen-bond donors (Lipinski definition) is 3. The van der Waals surface area contributed by atoms with Crippen molar-refractivity contribution in [1.82, 2.24) is 14.9 Å². The monoisotopic (exact) mass is 506 g/mol. The number of aromatic nitrogens is 3. The minimum Gasteiger partial charge on any atom is -0.497 e. The SMILES string of the molecule is COc1ccc(NCc2nnc(SCC(=O)Nc3ccccc3SCc3ccccc3)n2N)cc1. The van der Waals surface area contributed by atoms with Crippen molar-refractivity contribution < 1.29 is 9.53 Å². The zero-order valence-corrected chi connectivity index (χ0v) is 20.8. The lowest BCUT2D eigenvalue weighted by atomic mass is 10.2. The molecule has 0 bridgehead atoms. The fourth-order valence-electron chi connectivity index (χ4n) is 3.16. The van der Waals surface area contributed by atoms with E-state index in [2.05, 4.69) is 33.0 Å². The Labute approximate surface area is 212 Å². The van der Waals surface area contributed by atoms with Gasteiger partial charge in [0.2, 0.25) is 11.1 Å². The average molecular weight is 507 g/mol. The summed E-state index contributed by atoms with van der Waals surface area (Å²) in [7, 11) is 1.63. The molecule has 0 saturated heterocycles. The van der Waals surface area contributed by atoms with E-state index in [0.29, 0.717) is 17.5 Å². The predicted octanol–water partition coefficient (Wildman–Crippen LogP) is 4.64. The van der Waals surface area contributed by atoms with Crippen molar-refractivity contribution in [2.24, 2.45) is 0 Å². The van der Waals surface area contributed by atoms with E-state index in [1.54, 1.807) is 18.9 Å². The molecule has 0 fully saturated rings. The van der Waals surface area contributed by atoms with Crippen molar-refractivity contribution in [2.45, 2.75) is 22.3 Å². The van der Waals surface area contributed by atoms with Gasteiger partial charge in [0, 0.05) is 16.3 Å². The van der Waals surface area contributed by atoms with Crippen LogP contribution in [0.1, 0.15) is 11.4 Å². The quantitative estimate of drug-likeness (QED) is 0.200. The Morgan fingerprint density at radius 2 is 1.71 bits per heavy atom. The number of amides is 1. The van der Waals surface area contributed by atoms with Gasteiger partial charge in [0.05, 0.1) is 25.1 Å². The van der Waals surface area contributed by atoms with Crippen LogP contribution in [0.2, 0.25) is 0 Å². The summed E-state index contributed by atoms with van der Waals surface area (Å²) in [5.74, 6) is 8.35. The van der Waals surface area contributed by atoms with Gasteiger partial charge in [-0.3, -0.25) is 4.79 Å². The summed E-state index contributed by atoms with van der Waals surface area (Å²) >= 11 is 2.93.